The van der Waals surface area contributed by atoms with Crippen LogP contribution in [0.4, 0.5) is 0 Å². The minimum atomic E-state index is -1.11. The normalized spacial score (nSPS) is 15.1. The van der Waals surface area contributed by atoms with Crippen molar-refractivity contribution >= 4 is 11.9 Å². The van der Waals surface area contributed by atoms with Gasteiger partial charge in [0.1, 0.15) is 5.54 Å². The Morgan fingerprint density at radius 3 is 2.45 bits per heavy atom. The highest BCUT2D eigenvalue weighted by atomic mass is 16.4. The van der Waals surface area contributed by atoms with E-state index in [4.69, 9.17) is 5.11 Å². The molecule has 1 aliphatic carbocycles. The molecule has 1 aliphatic rings. The number of carbonyl (C=O) groups is 2. The number of rotatable bonds is 4. The first kappa shape index (κ1) is 14.2. The van der Waals surface area contributed by atoms with Crippen molar-refractivity contribution in [3.05, 3.63) is 47.8 Å². The van der Waals surface area contributed by atoms with E-state index in [0.29, 0.717) is 29.9 Å². The van der Waals surface area contributed by atoms with Crippen LogP contribution in [0.25, 0.3) is 11.4 Å². The number of nitrogens with one attached hydrogen (secondary N) is 1. The van der Waals surface area contributed by atoms with Crippen LogP contribution in [0.3, 0.4) is 0 Å². The Morgan fingerprint density at radius 2 is 1.91 bits per heavy atom. The van der Waals surface area contributed by atoms with Crippen LogP contribution in [0, 0.1) is 6.92 Å². The summed E-state index contributed by atoms with van der Waals surface area (Å²) in [6, 6.07) is 9.45. The van der Waals surface area contributed by atoms with Gasteiger partial charge in [0.05, 0.1) is 11.3 Å². The van der Waals surface area contributed by atoms with E-state index in [1.807, 2.05) is 30.3 Å². The van der Waals surface area contributed by atoms with Gasteiger partial charge in [-0.2, -0.15) is 0 Å². The Labute approximate surface area is 127 Å². The quantitative estimate of drug-likeness (QED) is 0.897. The highest BCUT2D eigenvalue weighted by molar-refractivity contribution is 5.99. The lowest BCUT2D eigenvalue weighted by Crippen LogP contribution is -2.43. The summed E-state index contributed by atoms with van der Waals surface area (Å²) in [5.74, 6) is -0.911. The number of carboxylic acid groups (broad SMARTS) is 1. The summed E-state index contributed by atoms with van der Waals surface area (Å²) in [6.45, 7) is 1.71. The molecule has 0 spiro atoms. The van der Waals surface area contributed by atoms with Gasteiger partial charge >= 0.3 is 5.97 Å². The molecule has 0 aliphatic heterocycles. The molecule has 1 aromatic heterocycles. The number of hydrogen-bond acceptors (Lipinski definition) is 4. The van der Waals surface area contributed by atoms with E-state index in [0.717, 1.165) is 5.56 Å². The van der Waals surface area contributed by atoms with E-state index < -0.39 is 17.4 Å². The number of nitrogens with zero attached hydrogens (tertiary/aromatic N) is 2. The van der Waals surface area contributed by atoms with Crippen LogP contribution >= 0.6 is 0 Å². The maximum absolute atomic E-state index is 12.2. The molecule has 2 N–H and O–H groups in total. The average Bonchev–Trinajstić information content (AvgIpc) is 3.29. The zero-order valence-corrected chi connectivity index (χ0v) is 12.0. The highest BCUT2D eigenvalue weighted by Gasteiger charge is 2.51. The molecule has 2 aromatic rings. The maximum atomic E-state index is 12.2. The van der Waals surface area contributed by atoms with Crippen molar-refractivity contribution in [2.24, 2.45) is 0 Å². The van der Waals surface area contributed by atoms with Crippen molar-refractivity contribution in [3.8, 4) is 11.4 Å². The van der Waals surface area contributed by atoms with Gasteiger partial charge in [0.25, 0.3) is 5.91 Å². The predicted molar refractivity (Wildman–Crippen MR) is 79.3 cm³/mol. The van der Waals surface area contributed by atoms with Gasteiger partial charge in [-0.3, -0.25) is 4.79 Å². The summed E-state index contributed by atoms with van der Waals surface area (Å²) in [5, 5.41) is 11.7. The predicted octanol–water partition coefficient (Wildman–Crippen LogP) is 1.80. The minimum Gasteiger partial charge on any atom is -0.480 e. The van der Waals surface area contributed by atoms with Crippen molar-refractivity contribution in [1.82, 2.24) is 15.3 Å². The molecular formula is C16H15N3O3. The first-order chi connectivity index (χ1) is 10.5. The smallest absolute Gasteiger partial charge is 0.329 e. The number of carbonyl (C=O) groups excluding carboxylic acids is 1. The summed E-state index contributed by atoms with van der Waals surface area (Å²) in [4.78, 5) is 31.9. The molecule has 0 radical (unpaired) electrons. The fourth-order valence-corrected chi connectivity index (χ4v) is 2.22. The summed E-state index contributed by atoms with van der Waals surface area (Å²) in [7, 11) is 0. The first-order valence-electron chi connectivity index (χ1n) is 6.97. The molecule has 6 heteroatoms. The standard InChI is InChI=1S/C16H15N3O3/c1-10-12(14(20)19-16(7-8-16)15(21)22)9-17-13(18-10)11-5-3-2-4-6-11/h2-6,9H,7-8H2,1H3,(H,19,20)(H,21,22). The number of carboxylic acids is 1. The number of aliphatic carboxylic acids is 1. The molecular weight excluding hydrogens is 282 g/mol. The molecule has 0 bridgehead atoms. The van der Waals surface area contributed by atoms with Gasteiger partial charge in [-0.15, -0.1) is 0 Å². The summed E-state index contributed by atoms with van der Waals surface area (Å²) in [5.41, 5.74) is 0.572. The first-order valence-corrected chi connectivity index (χ1v) is 6.97. The van der Waals surface area contributed by atoms with Crippen LogP contribution < -0.4 is 5.32 Å². The van der Waals surface area contributed by atoms with Crippen LogP contribution in [0.15, 0.2) is 36.5 Å². The molecule has 0 saturated heterocycles. The van der Waals surface area contributed by atoms with Gasteiger partial charge in [-0.05, 0) is 19.8 Å². The Kier molecular flexibility index (Phi) is 3.36. The van der Waals surface area contributed by atoms with Gasteiger partial charge in [-0.1, -0.05) is 30.3 Å². The third-order valence-corrected chi connectivity index (χ3v) is 3.77. The maximum Gasteiger partial charge on any atom is 0.329 e. The average molecular weight is 297 g/mol. The molecule has 0 unspecified atom stereocenters. The summed E-state index contributed by atoms with van der Waals surface area (Å²) < 4.78 is 0. The number of benzene rings is 1. The molecule has 1 aromatic carbocycles. The second kappa shape index (κ2) is 5.22. The van der Waals surface area contributed by atoms with E-state index in [1.54, 1.807) is 6.92 Å². The molecule has 1 heterocycles. The molecule has 6 nitrogen and oxygen atoms in total. The van der Waals surface area contributed by atoms with E-state index in [2.05, 4.69) is 15.3 Å². The molecule has 0 atom stereocenters. The van der Waals surface area contributed by atoms with Crippen molar-refractivity contribution < 1.29 is 14.7 Å². The number of aromatic nitrogens is 2. The zero-order chi connectivity index (χ0) is 15.7. The monoisotopic (exact) mass is 297 g/mol. The van der Waals surface area contributed by atoms with Crippen molar-refractivity contribution in [1.29, 1.82) is 0 Å². The van der Waals surface area contributed by atoms with Gasteiger partial charge in [0.15, 0.2) is 5.82 Å². The van der Waals surface area contributed by atoms with Gasteiger partial charge in [0.2, 0.25) is 0 Å². The molecule has 112 valence electrons. The lowest BCUT2D eigenvalue weighted by Gasteiger charge is -2.13. The molecule has 1 fully saturated rings. The van der Waals surface area contributed by atoms with Crippen LogP contribution in [-0.2, 0) is 4.79 Å². The molecule has 1 amide bonds. The fraction of sp³-hybridized carbons (Fsp3) is 0.250. The highest BCUT2D eigenvalue weighted by Crippen LogP contribution is 2.35. The molecule has 22 heavy (non-hydrogen) atoms. The topological polar surface area (TPSA) is 92.2 Å². The fourth-order valence-electron chi connectivity index (χ4n) is 2.22. The van der Waals surface area contributed by atoms with Crippen molar-refractivity contribution in [3.63, 3.8) is 0 Å². The molecule has 1 saturated carbocycles. The second-order valence-electron chi connectivity index (χ2n) is 5.40. The number of aryl methyl sites for hydroxylation is 1. The van der Waals surface area contributed by atoms with Crippen LogP contribution in [0.1, 0.15) is 28.9 Å². The Bertz CT molecular complexity index is 740. The van der Waals surface area contributed by atoms with Gasteiger partial charge in [-0.25, -0.2) is 14.8 Å². The number of amides is 1. The Morgan fingerprint density at radius 1 is 1.23 bits per heavy atom. The van der Waals surface area contributed by atoms with Crippen LogP contribution in [-0.4, -0.2) is 32.5 Å². The lowest BCUT2D eigenvalue weighted by molar-refractivity contribution is -0.140. The van der Waals surface area contributed by atoms with E-state index >= 15 is 0 Å². The van der Waals surface area contributed by atoms with Crippen molar-refractivity contribution in [2.75, 3.05) is 0 Å². The van der Waals surface area contributed by atoms with Crippen LogP contribution in [0.2, 0.25) is 0 Å². The zero-order valence-electron chi connectivity index (χ0n) is 12.0. The Balaban J connectivity index is 1.84. The van der Waals surface area contributed by atoms with E-state index in [9.17, 15) is 9.59 Å². The summed E-state index contributed by atoms with van der Waals surface area (Å²) >= 11 is 0. The third kappa shape index (κ3) is 2.55. The minimum absolute atomic E-state index is 0.298. The third-order valence-electron chi connectivity index (χ3n) is 3.77. The largest absolute Gasteiger partial charge is 0.480 e. The Hall–Kier alpha value is -2.76. The van der Waals surface area contributed by atoms with E-state index in [-0.39, 0.29) is 0 Å². The van der Waals surface area contributed by atoms with Crippen LogP contribution in [0.5, 0.6) is 0 Å². The summed E-state index contributed by atoms with van der Waals surface area (Å²) in [6.07, 6.45) is 2.35. The lowest BCUT2D eigenvalue weighted by atomic mass is 10.1. The molecule has 3 rings (SSSR count). The number of hydrogen-bond donors (Lipinski definition) is 2. The SMILES string of the molecule is Cc1nc(-c2ccccc2)ncc1C(=O)NC1(C(=O)O)CC1. The van der Waals surface area contributed by atoms with Gasteiger partial charge < -0.3 is 10.4 Å². The second-order valence-corrected chi connectivity index (χ2v) is 5.40. The van der Waals surface area contributed by atoms with Crippen molar-refractivity contribution in [2.45, 2.75) is 25.3 Å². The van der Waals surface area contributed by atoms with E-state index in [1.165, 1.54) is 6.20 Å². The van der Waals surface area contributed by atoms with Gasteiger partial charge in [0, 0.05) is 11.8 Å².